The lowest BCUT2D eigenvalue weighted by atomic mass is 10.1. The van der Waals surface area contributed by atoms with Gasteiger partial charge in [0.25, 0.3) is 11.5 Å². The van der Waals surface area contributed by atoms with E-state index in [0.717, 1.165) is 0 Å². The Labute approximate surface area is 173 Å². The van der Waals surface area contributed by atoms with Gasteiger partial charge in [-0.3, -0.25) is 14.0 Å². The van der Waals surface area contributed by atoms with Crippen LogP contribution in [-0.4, -0.2) is 53.9 Å². The predicted molar refractivity (Wildman–Crippen MR) is 108 cm³/mol. The summed E-state index contributed by atoms with van der Waals surface area (Å²) in [7, 11) is 3.18. The van der Waals surface area contributed by atoms with E-state index >= 15 is 0 Å². The van der Waals surface area contributed by atoms with Gasteiger partial charge < -0.3 is 10.0 Å². The van der Waals surface area contributed by atoms with Crippen molar-refractivity contribution in [1.82, 2.24) is 28.8 Å². The van der Waals surface area contributed by atoms with Gasteiger partial charge in [-0.1, -0.05) is 11.6 Å². The third kappa shape index (κ3) is 2.90. The summed E-state index contributed by atoms with van der Waals surface area (Å²) in [4.78, 5) is 39.6. The Kier molecular flexibility index (Phi) is 4.44. The van der Waals surface area contributed by atoms with Gasteiger partial charge >= 0.3 is 0 Å². The molecule has 3 heterocycles. The molecule has 0 aliphatic rings. The Hall–Kier alpha value is -3.17. The number of hydrogen-bond acceptors (Lipinski definition) is 6. The average Bonchev–Trinajstić information content (AvgIpc) is 3.11. The number of fused-ring (bicyclic) bond motifs is 3. The fraction of sp³-hybridized carbons (Fsp3) is 0.167. The van der Waals surface area contributed by atoms with Crippen molar-refractivity contribution in [3.63, 3.8) is 0 Å². The molecule has 0 unspecified atom stereocenters. The van der Waals surface area contributed by atoms with Crippen molar-refractivity contribution in [2.75, 3.05) is 14.1 Å². The van der Waals surface area contributed by atoms with E-state index in [0.29, 0.717) is 5.56 Å². The van der Waals surface area contributed by atoms with E-state index in [9.17, 15) is 14.7 Å². The molecule has 0 saturated heterocycles. The summed E-state index contributed by atoms with van der Waals surface area (Å²) in [6, 6.07) is 2.90. The molecule has 0 bridgehead atoms. The van der Waals surface area contributed by atoms with Crippen LogP contribution in [0.3, 0.4) is 0 Å². The number of hydrogen-bond donors (Lipinski definition) is 1. The first kappa shape index (κ1) is 19.2. The van der Waals surface area contributed by atoms with Gasteiger partial charge in [0.05, 0.1) is 10.7 Å². The summed E-state index contributed by atoms with van der Waals surface area (Å²) < 4.78 is 2.70. The first-order chi connectivity index (χ1) is 13.7. The van der Waals surface area contributed by atoms with Crippen molar-refractivity contribution in [2.45, 2.75) is 6.92 Å². The molecule has 0 fully saturated rings. The van der Waals surface area contributed by atoms with Crippen molar-refractivity contribution in [3.8, 4) is 11.4 Å². The summed E-state index contributed by atoms with van der Waals surface area (Å²) in [6.45, 7) is 1.62. The molecule has 0 aliphatic heterocycles. The van der Waals surface area contributed by atoms with Gasteiger partial charge in [0.2, 0.25) is 11.1 Å². The second kappa shape index (κ2) is 6.71. The number of halogens is 2. The van der Waals surface area contributed by atoms with Gasteiger partial charge in [0, 0.05) is 32.1 Å². The molecule has 4 aromatic rings. The normalized spacial score (nSPS) is 11.3. The zero-order valence-corrected chi connectivity index (χ0v) is 17.0. The number of phenols is 1. The summed E-state index contributed by atoms with van der Waals surface area (Å²) in [5.74, 6) is -0.309. The monoisotopic (exact) mass is 432 g/mol. The van der Waals surface area contributed by atoms with Gasteiger partial charge in [-0.25, -0.2) is 14.5 Å². The summed E-state index contributed by atoms with van der Waals surface area (Å²) in [5.41, 5.74) is 0.390. The van der Waals surface area contributed by atoms with E-state index in [4.69, 9.17) is 23.2 Å². The Bertz CT molecular complexity index is 1380. The quantitative estimate of drug-likeness (QED) is 0.487. The Morgan fingerprint density at radius 2 is 1.93 bits per heavy atom. The number of carbonyl (C=O) groups is 1. The minimum Gasteiger partial charge on any atom is -0.508 e. The molecule has 11 heteroatoms. The number of benzene rings is 1. The van der Waals surface area contributed by atoms with Crippen LogP contribution in [0.25, 0.3) is 22.5 Å². The van der Waals surface area contributed by atoms with Gasteiger partial charge in [-0.15, -0.1) is 0 Å². The zero-order valence-electron chi connectivity index (χ0n) is 15.5. The van der Waals surface area contributed by atoms with Crippen LogP contribution in [0.2, 0.25) is 10.3 Å². The van der Waals surface area contributed by atoms with Crippen LogP contribution in [-0.2, 0) is 0 Å². The smallest absolute Gasteiger partial charge is 0.273 e. The molecule has 4 rings (SSSR count). The molecular weight excluding hydrogens is 419 g/mol. The van der Waals surface area contributed by atoms with Crippen LogP contribution in [0.5, 0.6) is 5.75 Å². The SMILES string of the molecule is Cc1c(O)ccc(Cl)c1-n1c(=O)c2cnc(Cl)nc2n2cc(C(=O)N(C)C)nc12. The van der Waals surface area contributed by atoms with Gasteiger partial charge in [-0.05, 0) is 30.7 Å². The van der Waals surface area contributed by atoms with Crippen molar-refractivity contribution >= 4 is 45.9 Å². The molecule has 3 aromatic heterocycles. The van der Waals surface area contributed by atoms with E-state index in [1.165, 1.54) is 38.4 Å². The van der Waals surface area contributed by atoms with E-state index in [2.05, 4.69) is 15.0 Å². The van der Waals surface area contributed by atoms with E-state index < -0.39 is 5.56 Å². The van der Waals surface area contributed by atoms with Gasteiger partial charge in [0.1, 0.15) is 16.8 Å². The van der Waals surface area contributed by atoms with Crippen molar-refractivity contribution in [2.24, 2.45) is 0 Å². The molecule has 1 N–H and O–H groups in total. The van der Waals surface area contributed by atoms with Gasteiger partial charge in [0.15, 0.2) is 5.65 Å². The van der Waals surface area contributed by atoms with Crippen LogP contribution >= 0.6 is 23.2 Å². The van der Waals surface area contributed by atoms with Crippen molar-refractivity contribution < 1.29 is 9.90 Å². The molecule has 0 radical (unpaired) electrons. The number of rotatable bonds is 2. The maximum absolute atomic E-state index is 13.3. The molecule has 9 nitrogen and oxygen atoms in total. The second-order valence-electron chi connectivity index (χ2n) is 6.55. The van der Waals surface area contributed by atoms with Crippen molar-refractivity contribution in [1.29, 1.82) is 0 Å². The molecule has 0 atom stereocenters. The molecule has 0 aliphatic carbocycles. The summed E-state index contributed by atoms with van der Waals surface area (Å²) >= 11 is 12.3. The highest BCUT2D eigenvalue weighted by atomic mass is 35.5. The molecule has 29 heavy (non-hydrogen) atoms. The third-order valence-corrected chi connectivity index (χ3v) is 4.98. The van der Waals surface area contributed by atoms with Crippen LogP contribution < -0.4 is 5.56 Å². The number of nitrogens with zero attached hydrogens (tertiary/aromatic N) is 6. The maximum Gasteiger partial charge on any atom is 0.273 e. The van der Waals surface area contributed by atoms with Crippen molar-refractivity contribution in [3.05, 3.63) is 56.4 Å². The highest BCUT2D eigenvalue weighted by Crippen LogP contribution is 2.31. The lowest BCUT2D eigenvalue weighted by molar-refractivity contribution is 0.0822. The van der Waals surface area contributed by atoms with E-state index in [-0.39, 0.29) is 50.2 Å². The molecule has 148 valence electrons. The minimum absolute atomic E-state index is 0.0435. The van der Waals surface area contributed by atoms with Crippen LogP contribution in [0.1, 0.15) is 16.1 Å². The zero-order chi connectivity index (χ0) is 21.0. The van der Waals surface area contributed by atoms with Crippen LogP contribution in [0.4, 0.5) is 0 Å². The molecule has 0 spiro atoms. The molecule has 1 aromatic carbocycles. The second-order valence-corrected chi connectivity index (χ2v) is 7.30. The number of imidazole rings is 1. The van der Waals surface area contributed by atoms with Crippen LogP contribution in [0, 0.1) is 6.92 Å². The van der Waals surface area contributed by atoms with E-state index in [1.54, 1.807) is 21.0 Å². The lowest BCUT2D eigenvalue weighted by Crippen LogP contribution is -2.23. The first-order valence-corrected chi connectivity index (χ1v) is 9.12. The highest BCUT2D eigenvalue weighted by Gasteiger charge is 2.23. The fourth-order valence-electron chi connectivity index (χ4n) is 3.05. The predicted octanol–water partition coefficient (Wildman–Crippen LogP) is 2.45. The fourth-order valence-corrected chi connectivity index (χ4v) is 3.46. The number of phenolic OH excluding ortho intramolecular Hbond substituents is 1. The highest BCUT2D eigenvalue weighted by molar-refractivity contribution is 6.32. The third-order valence-electron chi connectivity index (χ3n) is 4.49. The first-order valence-electron chi connectivity index (χ1n) is 8.37. The van der Waals surface area contributed by atoms with Gasteiger partial charge in [-0.2, -0.15) is 4.98 Å². The molecule has 1 amide bonds. The molecular formula is C18H14Cl2N6O3. The van der Waals surface area contributed by atoms with Crippen LogP contribution in [0.15, 0.2) is 29.3 Å². The number of carbonyl (C=O) groups excluding carboxylic acids is 1. The standard InChI is InChI=1S/C18H14Cl2N6O3/c1-8-12(27)5-4-10(19)13(8)26-15(28)9-6-21-17(20)23-14(9)25-7-11(22-18(25)26)16(29)24(2)3/h4-7,27H,1-3H3. The number of aromatic nitrogens is 5. The average molecular weight is 433 g/mol. The Morgan fingerprint density at radius 3 is 2.62 bits per heavy atom. The minimum atomic E-state index is -0.519. The summed E-state index contributed by atoms with van der Waals surface area (Å²) in [6.07, 6.45) is 2.76. The van der Waals surface area contributed by atoms with E-state index in [1.807, 2.05) is 0 Å². The molecule has 0 saturated carbocycles. The number of aromatic hydroxyl groups is 1. The Balaban J connectivity index is 2.24. The maximum atomic E-state index is 13.3. The largest absolute Gasteiger partial charge is 0.508 e. The Morgan fingerprint density at radius 1 is 1.21 bits per heavy atom. The summed E-state index contributed by atoms with van der Waals surface area (Å²) in [5, 5.41) is 10.5. The lowest BCUT2D eigenvalue weighted by Gasteiger charge is -2.14. The topological polar surface area (TPSA) is 106 Å². The number of amides is 1.